The Morgan fingerprint density at radius 2 is 2.30 bits per heavy atom. The van der Waals surface area contributed by atoms with Crippen LogP contribution in [0.5, 0.6) is 0 Å². The van der Waals surface area contributed by atoms with E-state index in [0.29, 0.717) is 13.0 Å². The Bertz CT molecular complexity index is 553. The zero-order chi connectivity index (χ0) is 15.9. The lowest BCUT2D eigenvalue weighted by molar-refractivity contribution is -0.119. The molecule has 1 aliphatic heterocycles. The number of piperidine rings is 1. The van der Waals surface area contributed by atoms with Crippen molar-refractivity contribution >= 4 is 35.8 Å². The molecule has 0 aromatic heterocycles. The lowest BCUT2D eigenvalue weighted by atomic mass is 9.95. The zero-order valence-electron chi connectivity index (χ0n) is 13.3. The van der Waals surface area contributed by atoms with Gasteiger partial charge in [-0.1, -0.05) is 12.1 Å². The van der Waals surface area contributed by atoms with E-state index in [4.69, 9.17) is 5.73 Å². The summed E-state index contributed by atoms with van der Waals surface area (Å²) in [7, 11) is 1.73. The van der Waals surface area contributed by atoms with Crippen LogP contribution < -0.4 is 11.1 Å². The minimum Gasteiger partial charge on any atom is -0.370 e. The first kappa shape index (κ1) is 19.7. The number of hydrogen-bond acceptors (Lipinski definition) is 2. The number of halogens is 2. The summed E-state index contributed by atoms with van der Waals surface area (Å²) in [6.07, 6.45) is 2.44. The summed E-state index contributed by atoms with van der Waals surface area (Å²) < 4.78 is 13.2. The Labute approximate surface area is 153 Å². The van der Waals surface area contributed by atoms with Gasteiger partial charge in [0.2, 0.25) is 5.91 Å². The average Bonchev–Trinajstić information content (AvgIpc) is 2.48. The minimum absolute atomic E-state index is 0. The van der Waals surface area contributed by atoms with Crippen LogP contribution >= 0.6 is 24.0 Å². The molecule has 128 valence electrons. The molecule has 1 fully saturated rings. The molecular weight excluding hydrogens is 410 g/mol. The summed E-state index contributed by atoms with van der Waals surface area (Å²) in [6.45, 7) is 2.19. The van der Waals surface area contributed by atoms with Crippen LogP contribution in [0, 0.1) is 11.7 Å². The van der Waals surface area contributed by atoms with Gasteiger partial charge in [0.15, 0.2) is 5.96 Å². The number of primary amides is 1. The molecule has 0 saturated carbocycles. The second kappa shape index (κ2) is 9.69. The van der Waals surface area contributed by atoms with E-state index < -0.39 is 0 Å². The number of benzene rings is 1. The standard InChI is InChI=1S/C16H23FN4O.HI/c1-19-16(20-10-12-4-2-6-14(17)8-12)21-7-3-5-13(11-21)9-15(18)22;/h2,4,6,8,13H,3,5,7,9-11H2,1H3,(H2,18,22)(H,19,20);1H. The number of nitrogens with one attached hydrogen (secondary N) is 1. The normalized spacial score (nSPS) is 18.3. The molecule has 1 unspecified atom stereocenters. The number of guanidine groups is 1. The van der Waals surface area contributed by atoms with Crippen LogP contribution in [-0.4, -0.2) is 36.9 Å². The van der Waals surface area contributed by atoms with E-state index >= 15 is 0 Å². The van der Waals surface area contributed by atoms with E-state index in [1.165, 1.54) is 12.1 Å². The lowest BCUT2D eigenvalue weighted by Crippen LogP contribution is -2.46. The van der Waals surface area contributed by atoms with Crippen LogP contribution in [0.2, 0.25) is 0 Å². The van der Waals surface area contributed by atoms with E-state index in [-0.39, 0.29) is 41.6 Å². The number of carbonyl (C=O) groups excluding carboxylic acids is 1. The van der Waals surface area contributed by atoms with Crippen LogP contribution in [0.3, 0.4) is 0 Å². The summed E-state index contributed by atoms with van der Waals surface area (Å²) in [6, 6.07) is 6.50. The summed E-state index contributed by atoms with van der Waals surface area (Å²) in [4.78, 5) is 17.5. The van der Waals surface area contributed by atoms with E-state index in [9.17, 15) is 9.18 Å². The van der Waals surface area contributed by atoms with Gasteiger partial charge in [-0.2, -0.15) is 0 Å². The van der Waals surface area contributed by atoms with Gasteiger partial charge in [0.1, 0.15) is 5.82 Å². The van der Waals surface area contributed by atoms with Crippen molar-refractivity contribution in [2.75, 3.05) is 20.1 Å². The van der Waals surface area contributed by atoms with Crippen LogP contribution in [0.25, 0.3) is 0 Å². The molecule has 1 aromatic carbocycles. The summed E-state index contributed by atoms with van der Waals surface area (Å²) >= 11 is 0. The van der Waals surface area contributed by atoms with Gasteiger partial charge < -0.3 is 16.0 Å². The molecule has 23 heavy (non-hydrogen) atoms. The molecule has 1 heterocycles. The maximum atomic E-state index is 13.2. The average molecular weight is 434 g/mol. The zero-order valence-corrected chi connectivity index (χ0v) is 15.6. The highest BCUT2D eigenvalue weighted by Gasteiger charge is 2.23. The highest BCUT2D eigenvalue weighted by atomic mass is 127. The fourth-order valence-electron chi connectivity index (χ4n) is 2.87. The fraction of sp³-hybridized carbons (Fsp3) is 0.500. The third-order valence-corrected chi connectivity index (χ3v) is 3.86. The summed E-state index contributed by atoms with van der Waals surface area (Å²) in [5, 5.41) is 3.25. The van der Waals surface area contributed by atoms with Crippen molar-refractivity contribution in [1.29, 1.82) is 0 Å². The van der Waals surface area contributed by atoms with Crippen LogP contribution in [0.1, 0.15) is 24.8 Å². The van der Waals surface area contributed by atoms with Crippen molar-refractivity contribution in [3.05, 3.63) is 35.6 Å². The topological polar surface area (TPSA) is 70.7 Å². The Kier molecular flexibility index (Phi) is 8.29. The molecule has 2 rings (SSSR count). The highest BCUT2D eigenvalue weighted by Crippen LogP contribution is 2.19. The van der Waals surface area contributed by atoms with Crippen LogP contribution in [-0.2, 0) is 11.3 Å². The number of hydrogen-bond donors (Lipinski definition) is 2. The molecule has 1 aromatic rings. The summed E-state index contributed by atoms with van der Waals surface area (Å²) in [5.74, 6) is 0.556. The Hall–Kier alpha value is -1.38. The Morgan fingerprint density at radius 3 is 2.96 bits per heavy atom. The monoisotopic (exact) mass is 434 g/mol. The van der Waals surface area contributed by atoms with E-state index in [0.717, 1.165) is 37.5 Å². The van der Waals surface area contributed by atoms with Gasteiger partial charge in [-0.3, -0.25) is 9.79 Å². The smallest absolute Gasteiger partial charge is 0.217 e. The molecule has 0 radical (unpaired) electrons. The highest BCUT2D eigenvalue weighted by molar-refractivity contribution is 14.0. The van der Waals surface area contributed by atoms with Gasteiger partial charge in [0.05, 0.1) is 0 Å². The molecule has 1 atom stereocenters. The van der Waals surface area contributed by atoms with Gasteiger partial charge in [-0.15, -0.1) is 24.0 Å². The Morgan fingerprint density at radius 1 is 1.52 bits per heavy atom. The van der Waals surface area contributed by atoms with E-state index in [2.05, 4.69) is 15.2 Å². The lowest BCUT2D eigenvalue weighted by Gasteiger charge is -2.34. The molecule has 1 aliphatic rings. The fourth-order valence-corrected chi connectivity index (χ4v) is 2.87. The van der Waals surface area contributed by atoms with Crippen molar-refractivity contribution in [1.82, 2.24) is 10.2 Å². The number of nitrogens with zero attached hydrogens (tertiary/aromatic N) is 2. The third-order valence-electron chi connectivity index (χ3n) is 3.86. The summed E-state index contributed by atoms with van der Waals surface area (Å²) in [5.41, 5.74) is 6.15. The minimum atomic E-state index is -0.255. The van der Waals surface area contributed by atoms with Crippen LogP contribution in [0.4, 0.5) is 4.39 Å². The molecule has 3 N–H and O–H groups in total. The number of amides is 1. The van der Waals surface area contributed by atoms with Crippen molar-refractivity contribution in [3.8, 4) is 0 Å². The second-order valence-electron chi connectivity index (χ2n) is 5.66. The maximum Gasteiger partial charge on any atom is 0.217 e. The third kappa shape index (κ3) is 6.32. The largest absolute Gasteiger partial charge is 0.370 e. The van der Waals surface area contributed by atoms with Gasteiger partial charge in [-0.25, -0.2) is 4.39 Å². The van der Waals surface area contributed by atoms with Crippen molar-refractivity contribution < 1.29 is 9.18 Å². The molecular formula is C16H24FIN4O. The van der Waals surface area contributed by atoms with Gasteiger partial charge in [0, 0.05) is 33.1 Å². The first-order chi connectivity index (χ1) is 10.6. The predicted molar refractivity (Wildman–Crippen MR) is 100 cm³/mol. The second-order valence-corrected chi connectivity index (χ2v) is 5.66. The van der Waals surface area contributed by atoms with Crippen LogP contribution in [0.15, 0.2) is 29.3 Å². The van der Waals surface area contributed by atoms with E-state index in [1.54, 1.807) is 13.1 Å². The SMILES string of the molecule is CN=C(NCc1cccc(F)c1)N1CCCC(CC(N)=O)C1.I. The first-order valence-corrected chi connectivity index (χ1v) is 7.57. The van der Waals surface area contributed by atoms with E-state index in [1.807, 2.05) is 6.07 Å². The van der Waals surface area contributed by atoms with Crippen molar-refractivity contribution in [2.24, 2.45) is 16.6 Å². The Balaban J connectivity index is 0.00000264. The molecule has 7 heteroatoms. The molecule has 0 spiro atoms. The van der Waals surface area contributed by atoms with Gasteiger partial charge in [0.25, 0.3) is 0 Å². The van der Waals surface area contributed by atoms with Crippen molar-refractivity contribution in [2.45, 2.75) is 25.8 Å². The predicted octanol–water partition coefficient (Wildman–Crippen LogP) is 2.11. The number of carbonyl (C=O) groups is 1. The quantitative estimate of drug-likeness (QED) is 0.433. The number of nitrogens with two attached hydrogens (primary N) is 1. The number of rotatable bonds is 4. The van der Waals surface area contributed by atoms with Gasteiger partial charge >= 0.3 is 0 Å². The number of likely N-dealkylation sites (tertiary alicyclic amines) is 1. The molecule has 0 bridgehead atoms. The molecule has 0 aliphatic carbocycles. The van der Waals surface area contributed by atoms with Crippen molar-refractivity contribution in [3.63, 3.8) is 0 Å². The number of aliphatic imine (C=N–C) groups is 1. The first-order valence-electron chi connectivity index (χ1n) is 7.57. The molecule has 5 nitrogen and oxygen atoms in total. The van der Waals surface area contributed by atoms with Gasteiger partial charge in [-0.05, 0) is 36.5 Å². The molecule has 1 saturated heterocycles. The molecule has 1 amide bonds. The maximum absolute atomic E-state index is 13.2.